The molecule has 4 aliphatic rings. The van der Waals surface area contributed by atoms with Crippen molar-refractivity contribution >= 4 is 11.9 Å². The van der Waals surface area contributed by atoms with E-state index in [0.717, 1.165) is 24.7 Å². The summed E-state index contributed by atoms with van der Waals surface area (Å²) in [5.74, 6) is 1.78. The Morgan fingerprint density at radius 1 is 0.682 bits per heavy atom. The van der Waals surface area contributed by atoms with Gasteiger partial charge in [-0.1, -0.05) is 0 Å². The van der Waals surface area contributed by atoms with Crippen molar-refractivity contribution in [3.63, 3.8) is 0 Å². The fourth-order valence-corrected chi connectivity index (χ4v) is 5.17. The summed E-state index contributed by atoms with van der Waals surface area (Å²) in [4.78, 5) is 23.7. The maximum absolute atomic E-state index is 11.8. The molecule has 0 radical (unpaired) electrons. The maximum atomic E-state index is 11.8. The van der Waals surface area contributed by atoms with Gasteiger partial charge in [0.05, 0.1) is 0 Å². The average molecular weight is 304 g/mol. The number of hydrogen-bond acceptors (Lipinski definition) is 4. The zero-order valence-corrected chi connectivity index (χ0v) is 12.9. The highest BCUT2D eigenvalue weighted by Gasteiger charge is 2.42. The van der Waals surface area contributed by atoms with E-state index in [9.17, 15) is 9.59 Å². The Balaban J connectivity index is 1.23. The number of ether oxygens (including phenoxy) is 2. The van der Waals surface area contributed by atoms with Gasteiger partial charge >= 0.3 is 11.9 Å². The maximum Gasteiger partial charge on any atom is 0.331 e. The molecule has 0 aromatic heterocycles. The molecule has 4 bridgehead atoms. The quantitative estimate of drug-likeness (QED) is 0.592. The summed E-state index contributed by atoms with van der Waals surface area (Å²) in [7, 11) is 0. The second-order valence-electron chi connectivity index (χ2n) is 7.63. The first-order valence-electron chi connectivity index (χ1n) is 8.76. The second kappa shape index (κ2) is 5.71. The summed E-state index contributed by atoms with van der Waals surface area (Å²) in [5.41, 5.74) is 0. The van der Waals surface area contributed by atoms with E-state index in [2.05, 4.69) is 0 Å². The molecule has 0 spiro atoms. The Morgan fingerprint density at radius 3 is 1.45 bits per heavy atom. The first-order valence-corrected chi connectivity index (χ1v) is 8.76. The molecule has 0 aromatic carbocycles. The van der Waals surface area contributed by atoms with Gasteiger partial charge in [-0.05, 0) is 75.0 Å². The van der Waals surface area contributed by atoms with E-state index < -0.39 is 11.9 Å². The van der Waals surface area contributed by atoms with Crippen LogP contribution in [0, 0.1) is 23.7 Å². The van der Waals surface area contributed by atoms with E-state index in [0.29, 0.717) is 11.8 Å². The Hall–Kier alpha value is -1.32. The lowest BCUT2D eigenvalue weighted by Gasteiger charge is -2.21. The SMILES string of the molecule is O=C(/C=C/C(=O)OC1CC2CCC1C2)OC1CC2CCC1C2. The number of carbonyl (C=O) groups is 2. The summed E-state index contributed by atoms with van der Waals surface area (Å²) in [6, 6.07) is 0. The fraction of sp³-hybridized carbons (Fsp3) is 0.778. The Kier molecular flexibility index (Phi) is 3.71. The van der Waals surface area contributed by atoms with Crippen LogP contribution >= 0.6 is 0 Å². The highest BCUT2D eigenvalue weighted by Crippen LogP contribution is 2.46. The topological polar surface area (TPSA) is 52.6 Å². The largest absolute Gasteiger partial charge is 0.459 e. The lowest BCUT2D eigenvalue weighted by Crippen LogP contribution is -2.24. The third-order valence-electron chi connectivity index (χ3n) is 6.24. The van der Waals surface area contributed by atoms with Crippen LogP contribution in [0.3, 0.4) is 0 Å². The first-order chi connectivity index (χ1) is 10.7. The van der Waals surface area contributed by atoms with Crippen LogP contribution in [0.15, 0.2) is 12.2 Å². The first kappa shape index (κ1) is 14.3. The van der Waals surface area contributed by atoms with E-state index in [-0.39, 0.29) is 12.2 Å². The molecule has 0 amide bonds. The number of esters is 2. The van der Waals surface area contributed by atoms with Gasteiger partial charge in [-0.25, -0.2) is 9.59 Å². The molecule has 0 heterocycles. The Bertz CT molecular complexity index is 453. The molecule has 6 atom stereocenters. The molecular weight excluding hydrogens is 280 g/mol. The average Bonchev–Trinajstić information content (AvgIpc) is 3.25. The minimum atomic E-state index is -0.401. The Labute approximate surface area is 131 Å². The van der Waals surface area contributed by atoms with Crippen LogP contribution in [-0.4, -0.2) is 24.1 Å². The summed E-state index contributed by atoms with van der Waals surface area (Å²) >= 11 is 0. The standard InChI is InChI=1S/C18H24O4/c19-17(21-15-9-11-1-3-13(15)7-11)5-6-18(20)22-16-10-12-2-4-14(16)8-12/h5-6,11-16H,1-4,7-10H2/b6-5+. The number of fused-ring (bicyclic) bond motifs is 4. The predicted octanol–water partition coefficient (Wildman–Crippen LogP) is 3.01. The summed E-state index contributed by atoms with van der Waals surface area (Å²) in [6.07, 6.45) is 11.9. The van der Waals surface area contributed by atoms with Crippen molar-refractivity contribution in [1.82, 2.24) is 0 Å². The van der Waals surface area contributed by atoms with Crippen LogP contribution in [0.2, 0.25) is 0 Å². The van der Waals surface area contributed by atoms with Crippen LogP contribution in [0.1, 0.15) is 51.4 Å². The molecular formula is C18H24O4. The van der Waals surface area contributed by atoms with Crippen molar-refractivity contribution < 1.29 is 19.1 Å². The third kappa shape index (κ3) is 2.80. The van der Waals surface area contributed by atoms with Crippen molar-refractivity contribution in [2.75, 3.05) is 0 Å². The van der Waals surface area contributed by atoms with Crippen molar-refractivity contribution in [3.05, 3.63) is 12.2 Å². The van der Waals surface area contributed by atoms with Gasteiger partial charge < -0.3 is 9.47 Å². The van der Waals surface area contributed by atoms with Crippen molar-refractivity contribution in [1.29, 1.82) is 0 Å². The van der Waals surface area contributed by atoms with E-state index in [1.165, 1.54) is 50.7 Å². The van der Waals surface area contributed by atoms with E-state index in [4.69, 9.17) is 9.47 Å². The summed E-state index contributed by atoms with van der Waals surface area (Å²) in [5, 5.41) is 0. The molecule has 0 N–H and O–H groups in total. The van der Waals surface area contributed by atoms with Crippen molar-refractivity contribution in [2.45, 2.75) is 63.6 Å². The van der Waals surface area contributed by atoms with Gasteiger partial charge in [-0.2, -0.15) is 0 Å². The zero-order chi connectivity index (χ0) is 15.1. The van der Waals surface area contributed by atoms with Crippen LogP contribution < -0.4 is 0 Å². The Morgan fingerprint density at radius 2 is 1.14 bits per heavy atom. The second-order valence-corrected chi connectivity index (χ2v) is 7.63. The minimum absolute atomic E-state index is 0.0671. The molecule has 120 valence electrons. The van der Waals surface area contributed by atoms with Gasteiger partial charge in [0.1, 0.15) is 12.2 Å². The van der Waals surface area contributed by atoms with Crippen LogP contribution in [-0.2, 0) is 19.1 Å². The fourth-order valence-electron chi connectivity index (χ4n) is 5.17. The van der Waals surface area contributed by atoms with Crippen molar-refractivity contribution in [2.24, 2.45) is 23.7 Å². The highest BCUT2D eigenvalue weighted by molar-refractivity contribution is 5.91. The van der Waals surface area contributed by atoms with Gasteiger partial charge in [0.25, 0.3) is 0 Å². The van der Waals surface area contributed by atoms with Gasteiger partial charge in [-0.15, -0.1) is 0 Å². The van der Waals surface area contributed by atoms with Crippen LogP contribution in [0.4, 0.5) is 0 Å². The smallest absolute Gasteiger partial charge is 0.331 e. The minimum Gasteiger partial charge on any atom is -0.459 e. The molecule has 4 fully saturated rings. The third-order valence-corrected chi connectivity index (χ3v) is 6.24. The molecule has 4 heteroatoms. The van der Waals surface area contributed by atoms with Crippen LogP contribution in [0.25, 0.3) is 0 Å². The van der Waals surface area contributed by atoms with Gasteiger partial charge in [0.2, 0.25) is 0 Å². The van der Waals surface area contributed by atoms with Crippen molar-refractivity contribution in [3.8, 4) is 0 Å². The molecule has 0 aliphatic heterocycles. The monoisotopic (exact) mass is 304 g/mol. The molecule has 4 nitrogen and oxygen atoms in total. The van der Waals surface area contributed by atoms with E-state index >= 15 is 0 Å². The van der Waals surface area contributed by atoms with E-state index in [1.807, 2.05) is 0 Å². The van der Waals surface area contributed by atoms with E-state index in [1.54, 1.807) is 0 Å². The summed E-state index contributed by atoms with van der Waals surface area (Å²) in [6.45, 7) is 0. The van der Waals surface area contributed by atoms with Crippen LogP contribution in [0.5, 0.6) is 0 Å². The molecule has 0 aromatic rings. The zero-order valence-electron chi connectivity index (χ0n) is 12.9. The normalized spacial score (nSPS) is 42.2. The molecule has 4 saturated carbocycles. The van der Waals surface area contributed by atoms with Gasteiger partial charge in [-0.3, -0.25) is 0 Å². The predicted molar refractivity (Wildman–Crippen MR) is 79.8 cm³/mol. The lowest BCUT2D eigenvalue weighted by atomic mass is 9.98. The number of hydrogen-bond donors (Lipinski definition) is 0. The van der Waals surface area contributed by atoms with Gasteiger partial charge in [0.15, 0.2) is 0 Å². The van der Waals surface area contributed by atoms with Gasteiger partial charge in [0, 0.05) is 12.2 Å². The molecule has 0 saturated heterocycles. The highest BCUT2D eigenvalue weighted by atomic mass is 16.5. The molecule has 4 rings (SSSR count). The number of rotatable bonds is 4. The molecule has 22 heavy (non-hydrogen) atoms. The number of carbonyl (C=O) groups excluding carboxylic acids is 2. The summed E-state index contributed by atoms with van der Waals surface area (Å²) < 4.78 is 11.0. The lowest BCUT2D eigenvalue weighted by molar-refractivity contribution is -0.148. The molecule has 6 unspecified atom stereocenters. The molecule has 4 aliphatic carbocycles.